The number of rotatable bonds is 4. The molecule has 2 aromatic carbocycles. The highest BCUT2D eigenvalue weighted by Gasteiger charge is 2.10. The second-order valence-corrected chi connectivity index (χ2v) is 5.42. The van der Waals surface area contributed by atoms with Gasteiger partial charge in [-0.25, -0.2) is 0 Å². The van der Waals surface area contributed by atoms with Crippen LogP contribution in [0.5, 0.6) is 0 Å². The van der Waals surface area contributed by atoms with Gasteiger partial charge in [-0.1, -0.05) is 46.3 Å². The molecule has 0 aliphatic carbocycles. The van der Waals surface area contributed by atoms with Gasteiger partial charge in [-0.3, -0.25) is 4.79 Å². The standard InChI is InChI=1S/C16H16BrNO2/c1-11-14(3-2-4-15(11)17)16(20)18-9-12-5-7-13(10-19)8-6-12/h2-8,19H,9-10H2,1H3,(H,18,20). The number of hydrogen-bond acceptors (Lipinski definition) is 2. The maximum Gasteiger partial charge on any atom is 0.251 e. The van der Waals surface area contributed by atoms with Crippen LogP contribution >= 0.6 is 15.9 Å². The quantitative estimate of drug-likeness (QED) is 0.902. The minimum atomic E-state index is -0.0879. The van der Waals surface area contributed by atoms with E-state index in [-0.39, 0.29) is 12.5 Å². The molecule has 0 spiro atoms. The van der Waals surface area contributed by atoms with Crippen LogP contribution in [0.15, 0.2) is 46.9 Å². The minimum absolute atomic E-state index is 0.0316. The van der Waals surface area contributed by atoms with Gasteiger partial charge in [0, 0.05) is 16.6 Å². The number of carbonyl (C=O) groups excluding carboxylic acids is 1. The Kier molecular flexibility index (Phi) is 4.93. The lowest BCUT2D eigenvalue weighted by Crippen LogP contribution is -2.23. The molecule has 0 saturated heterocycles. The third-order valence-corrected chi connectivity index (χ3v) is 4.03. The van der Waals surface area contributed by atoms with Crippen molar-refractivity contribution in [3.05, 3.63) is 69.2 Å². The highest BCUT2D eigenvalue weighted by molar-refractivity contribution is 9.10. The molecule has 3 nitrogen and oxygen atoms in total. The summed E-state index contributed by atoms with van der Waals surface area (Å²) in [6.45, 7) is 2.41. The van der Waals surface area contributed by atoms with Crippen molar-refractivity contribution >= 4 is 21.8 Å². The summed E-state index contributed by atoms with van der Waals surface area (Å²) in [5.74, 6) is -0.0879. The van der Waals surface area contributed by atoms with Gasteiger partial charge in [0.25, 0.3) is 5.91 Å². The molecule has 1 amide bonds. The van der Waals surface area contributed by atoms with Crippen molar-refractivity contribution in [1.29, 1.82) is 0 Å². The Bertz CT molecular complexity index is 608. The topological polar surface area (TPSA) is 49.3 Å². The lowest BCUT2D eigenvalue weighted by molar-refractivity contribution is 0.0950. The van der Waals surface area contributed by atoms with Gasteiger partial charge in [-0.2, -0.15) is 0 Å². The van der Waals surface area contributed by atoms with Crippen molar-refractivity contribution < 1.29 is 9.90 Å². The molecule has 2 rings (SSSR count). The fourth-order valence-corrected chi connectivity index (χ4v) is 2.26. The minimum Gasteiger partial charge on any atom is -0.392 e. The number of aliphatic hydroxyl groups excluding tert-OH is 1. The van der Waals surface area contributed by atoms with Crippen LogP contribution in [0.2, 0.25) is 0 Å². The Labute approximate surface area is 126 Å². The van der Waals surface area contributed by atoms with Crippen LogP contribution in [0, 0.1) is 6.92 Å². The summed E-state index contributed by atoms with van der Waals surface area (Å²) >= 11 is 3.42. The molecule has 0 aliphatic rings. The SMILES string of the molecule is Cc1c(Br)cccc1C(=O)NCc1ccc(CO)cc1. The molecule has 2 aromatic rings. The van der Waals surface area contributed by atoms with Crippen LogP contribution in [0.25, 0.3) is 0 Å². The zero-order chi connectivity index (χ0) is 14.5. The lowest BCUT2D eigenvalue weighted by atomic mass is 10.1. The van der Waals surface area contributed by atoms with Gasteiger partial charge in [0.1, 0.15) is 0 Å². The number of hydrogen-bond donors (Lipinski definition) is 2. The van der Waals surface area contributed by atoms with E-state index >= 15 is 0 Å². The van der Waals surface area contributed by atoms with Gasteiger partial charge in [-0.15, -0.1) is 0 Å². The van der Waals surface area contributed by atoms with Crippen molar-refractivity contribution in [2.75, 3.05) is 0 Å². The molecule has 2 N–H and O–H groups in total. The van der Waals surface area contributed by atoms with E-state index in [0.29, 0.717) is 12.1 Å². The lowest BCUT2D eigenvalue weighted by Gasteiger charge is -2.09. The Morgan fingerprint density at radius 3 is 2.45 bits per heavy atom. The Hall–Kier alpha value is -1.65. The number of amides is 1. The van der Waals surface area contributed by atoms with Crippen molar-refractivity contribution in [3.63, 3.8) is 0 Å². The Balaban J connectivity index is 2.02. The number of halogens is 1. The summed E-state index contributed by atoms with van der Waals surface area (Å²) < 4.78 is 0.928. The average Bonchev–Trinajstić information content (AvgIpc) is 2.48. The highest BCUT2D eigenvalue weighted by Crippen LogP contribution is 2.19. The van der Waals surface area contributed by atoms with Gasteiger partial charge < -0.3 is 10.4 Å². The summed E-state index contributed by atoms with van der Waals surface area (Å²) in [6.07, 6.45) is 0. The first kappa shape index (κ1) is 14.8. The molecular formula is C16H16BrNO2. The van der Waals surface area contributed by atoms with Crippen LogP contribution in [0.4, 0.5) is 0 Å². The zero-order valence-corrected chi connectivity index (χ0v) is 12.8. The van der Waals surface area contributed by atoms with E-state index in [1.165, 1.54) is 0 Å². The van der Waals surface area contributed by atoms with Crippen molar-refractivity contribution in [2.45, 2.75) is 20.1 Å². The third-order valence-electron chi connectivity index (χ3n) is 3.17. The summed E-state index contributed by atoms with van der Waals surface area (Å²) in [4.78, 5) is 12.1. The van der Waals surface area contributed by atoms with Crippen molar-refractivity contribution in [3.8, 4) is 0 Å². The van der Waals surface area contributed by atoms with E-state index in [1.807, 2.05) is 49.4 Å². The summed E-state index contributed by atoms with van der Waals surface area (Å²) in [5, 5.41) is 11.9. The van der Waals surface area contributed by atoms with Gasteiger partial charge >= 0.3 is 0 Å². The van der Waals surface area contributed by atoms with Crippen LogP contribution in [0.3, 0.4) is 0 Å². The Morgan fingerprint density at radius 1 is 1.15 bits per heavy atom. The zero-order valence-electron chi connectivity index (χ0n) is 11.2. The molecule has 0 heterocycles. The van der Waals surface area contributed by atoms with E-state index in [2.05, 4.69) is 21.2 Å². The van der Waals surface area contributed by atoms with E-state index in [9.17, 15) is 4.79 Å². The number of nitrogens with one attached hydrogen (secondary N) is 1. The van der Waals surface area contributed by atoms with Crippen LogP contribution < -0.4 is 5.32 Å². The molecule has 104 valence electrons. The average molecular weight is 334 g/mol. The molecule has 0 atom stereocenters. The molecule has 20 heavy (non-hydrogen) atoms. The predicted molar refractivity (Wildman–Crippen MR) is 82.4 cm³/mol. The van der Waals surface area contributed by atoms with Gasteiger partial charge in [-0.05, 0) is 35.7 Å². The van der Waals surface area contributed by atoms with Crippen LogP contribution in [-0.4, -0.2) is 11.0 Å². The summed E-state index contributed by atoms with van der Waals surface area (Å²) in [5.41, 5.74) is 3.47. The molecule has 0 unspecified atom stereocenters. The first-order valence-electron chi connectivity index (χ1n) is 6.34. The number of benzene rings is 2. The maximum atomic E-state index is 12.1. The van der Waals surface area contributed by atoms with Crippen molar-refractivity contribution in [2.24, 2.45) is 0 Å². The second kappa shape index (κ2) is 6.68. The molecule has 0 bridgehead atoms. The molecule has 0 aromatic heterocycles. The van der Waals surface area contributed by atoms with E-state index < -0.39 is 0 Å². The highest BCUT2D eigenvalue weighted by atomic mass is 79.9. The fourth-order valence-electron chi connectivity index (χ4n) is 1.89. The molecular weight excluding hydrogens is 318 g/mol. The smallest absolute Gasteiger partial charge is 0.251 e. The monoisotopic (exact) mass is 333 g/mol. The van der Waals surface area contributed by atoms with Gasteiger partial charge in [0.15, 0.2) is 0 Å². The number of carbonyl (C=O) groups is 1. The Morgan fingerprint density at radius 2 is 1.80 bits per heavy atom. The molecule has 0 saturated carbocycles. The first-order chi connectivity index (χ1) is 9.61. The second-order valence-electron chi connectivity index (χ2n) is 4.57. The predicted octanol–water partition coefficient (Wildman–Crippen LogP) is 3.18. The van der Waals surface area contributed by atoms with E-state index in [4.69, 9.17) is 5.11 Å². The molecule has 0 radical (unpaired) electrons. The molecule has 0 aliphatic heterocycles. The summed E-state index contributed by atoms with van der Waals surface area (Å²) in [6, 6.07) is 13.1. The number of aliphatic hydroxyl groups is 1. The normalized spacial score (nSPS) is 10.3. The van der Waals surface area contributed by atoms with Gasteiger partial charge in [0.2, 0.25) is 0 Å². The first-order valence-corrected chi connectivity index (χ1v) is 7.13. The van der Waals surface area contributed by atoms with Crippen LogP contribution in [-0.2, 0) is 13.2 Å². The van der Waals surface area contributed by atoms with Crippen molar-refractivity contribution in [1.82, 2.24) is 5.32 Å². The largest absolute Gasteiger partial charge is 0.392 e. The van der Waals surface area contributed by atoms with Crippen LogP contribution in [0.1, 0.15) is 27.0 Å². The van der Waals surface area contributed by atoms with Gasteiger partial charge in [0.05, 0.1) is 6.61 Å². The third kappa shape index (κ3) is 3.46. The van der Waals surface area contributed by atoms with E-state index in [0.717, 1.165) is 21.2 Å². The maximum absolute atomic E-state index is 12.1. The molecule has 4 heteroatoms. The van der Waals surface area contributed by atoms with E-state index in [1.54, 1.807) is 0 Å². The fraction of sp³-hybridized carbons (Fsp3) is 0.188. The summed E-state index contributed by atoms with van der Waals surface area (Å²) in [7, 11) is 0. The molecule has 0 fully saturated rings.